The monoisotopic (exact) mass is 759 g/mol. The predicted molar refractivity (Wildman–Crippen MR) is 198 cm³/mol. The standard InChI is InChI=1S/C39H69NO13/c1-3-5-7-9-10-11-12-13-14-15-16-17-18-19-20-22-28(43)27(40-31(44)23-21-8-6-4-2)26-50-38-36(49)34(47)37(30(25-42)52-38)53-39-35(48)33(46)32(45)29(24-41)51-39/h12-13,16-17,20,22,27-30,32-39,41-43,45-49H,3-11,14-15,18-19,21,23-26H2,1-2H3,(H,40,44)/b13-12+,17-16+,22-20+. The number of carbonyl (C=O) groups is 1. The van der Waals surface area contributed by atoms with E-state index in [-0.39, 0.29) is 18.9 Å². The molecule has 2 rings (SSSR count). The lowest BCUT2D eigenvalue weighted by molar-refractivity contribution is -0.359. The summed E-state index contributed by atoms with van der Waals surface area (Å²) < 4.78 is 22.4. The van der Waals surface area contributed by atoms with Gasteiger partial charge in [-0.2, -0.15) is 0 Å². The second-order valence-electron chi connectivity index (χ2n) is 14.0. The normalized spacial score (nSPS) is 30.8. The van der Waals surface area contributed by atoms with Gasteiger partial charge in [-0.25, -0.2) is 0 Å². The Morgan fingerprint density at radius 2 is 1.21 bits per heavy atom. The topological polar surface area (TPSA) is 228 Å². The first kappa shape index (κ1) is 47.4. The van der Waals surface area contributed by atoms with Crippen molar-refractivity contribution in [2.45, 2.75) is 184 Å². The van der Waals surface area contributed by atoms with Gasteiger partial charge in [0.25, 0.3) is 0 Å². The summed E-state index contributed by atoms with van der Waals surface area (Å²) in [5.74, 6) is -0.276. The summed E-state index contributed by atoms with van der Waals surface area (Å²) in [7, 11) is 0. The molecule has 2 fully saturated rings. The zero-order valence-corrected chi connectivity index (χ0v) is 31.7. The number of hydrogen-bond donors (Lipinski definition) is 9. The lowest BCUT2D eigenvalue weighted by Crippen LogP contribution is -2.65. The molecule has 12 atom stereocenters. The molecule has 2 heterocycles. The van der Waals surface area contributed by atoms with Gasteiger partial charge in [-0.1, -0.05) is 95.2 Å². The molecule has 2 saturated heterocycles. The van der Waals surface area contributed by atoms with Crippen molar-refractivity contribution in [3.63, 3.8) is 0 Å². The van der Waals surface area contributed by atoms with Crippen LogP contribution in [-0.2, 0) is 23.7 Å². The van der Waals surface area contributed by atoms with Crippen molar-refractivity contribution in [1.82, 2.24) is 5.32 Å². The summed E-state index contributed by atoms with van der Waals surface area (Å²) in [6, 6.07) is -0.928. The van der Waals surface area contributed by atoms with E-state index in [4.69, 9.17) is 18.9 Å². The molecule has 0 saturated carbocycles. The van der Waals surface area contributed by atoms with Crippen LogP contribution in [0.2, 0.25) is 0 Å². The molecule has 0 aliphatic carbocycles. The quantitative estimate of drug-likeness (QED) is 0.0432. The number of rotatable bonds is 27. The second-order valence-corrected chi connectivity index (χ2v) is 14.0. The third-order valence-corrected chi connectivity index (χ3v) is 9.56. The van der Waals surface area contributed by atoms with Crippen molar-refractivity contribution < 1.29 is 64.6 Å². The Morgan fingerprint density at radius 1 is 0.660 bits per heavy atom. The minimum Gasteiger partial charge on any atom is -0.394 e. The highest BCUT2D eigenvalue weighted by Crippen LogP contribution is 2.29. The summed E-state index contributed by atoms with van der Waals surface area (Å²) in [6.45, 7) is 2.55. The Bertz CT molecular complexity index is 1040. The molecular weight excluding hydrogens is 690 g/mol. The summed E-state index contributed by atoms with van der Waals surface area (Å²) in [5.41, 5.74) is 0. The van der Waals surface area contributed by atoms with Crippen LogP contribution in [0.15, 0.2) is 36.5 Å². The van der Waals surface area contributed by atoms with Crippen LogP contribution < -0.4 is 5.32 Å². The van der Waals surface area contributed by atoms with Crippen LogP contribution in [0.3, 0.4) is 0 Å². The SMILES string of the molecule is CCCCCCC/C=C/CC/C=C/CC/C=C/C(O)C(COC1OC(CO)C(OC2OC(CO)C(O)C(O)C2O)C(O)C1O)NC(=O)CCCCCC. The van der Waals surface area contributed by atoms with Gasteiger partial charge in [0.1, 0.15) is 48.8 Å². The lowest BCUT2D eigenvalue weighted by Gasteiger charge is -2.46. The van der Waals surface area contributed by atoms with Gasteiger partial charge in [-0.15, -0.1) is 0 Å². The Balaban J connectivity index is 1.93. The molecule has 0 aromatic rings. The molecule has 53 heavy (non-hydrogen) atoms. The Labute approximate surface area is 315 Å². The van der Waals surface area contributed by atoms with Crippen LogP contribution in [0.1, 0.15) is 110 Å². The molecule has 0 spiro atoms. The van der Waals surface area contributed by atoms with Crippen molar-refractivity contribution in [3.8, 4) is 0 Å². The number of hydrogen-bond acceptors (Lipinski definition) is 13. The van der Waals surface area contributed by atoms with Crippen molar-refractivity contribution >= 4 is 5.91 Å². The van der Waals surface area contributed by atoms with Crippen LogP contribution in [0.25, 0.3) is 0 Å². The van der Waals surface area contributed by atoms with Crippen LogP contribution in [0.4, 0.5) is 0 Å². The number of aliphatic hydroxyl groups excluding tert-OH is 8. The molecule has 0 bridgehead atoms. The molecule has 0 aromatic heterocycles. The Morgan fingerprint density at radius 3 is 1.83 bits per heavy atom. The first-order valence-electron chi connectivity index (χ1n) is 19.7. The number of carbonyl (C=O) groups excluding carboxylic acids is 1. The molecule has 9 N–H and O–H groups in total. The van der Waals surface area contributed by atoms with Crippen molar-refractivity contribution in [3.05, 3.63) is 36.5 Å². The molecule has 2 aliphatic rings. The molecule has 0 aromatic carbocycles. The van der Waals surface area contributed by atoms with E-state index in [1.54, 1.807) is 6.08 Å². The van der Waals surface area contributed by atoms with Gasteiger partial charge < -0.3 is 65.1 Å². The first-order valence-corrected chi connectivity index (χ1v) is 19.7. The fourth-order valence-corrected chi connectivity index (χ4v) is 6.20. The molecule has 14 heteroatoms. The van der Waals surface area contributed by atoms with Gasteiger partial charge in [-0.3, -0.25) is 4.79 Å². The predicted octanol–water partition coefficient (Wildman–Crippen LogP) is 2.03. The van der Waals surface area contributed by atoms with E-state index in [0.29, 0.717) is 12.8 Å². The molecule has 12 unspecified atom stereocenters. The average Bonchev–Trinajstić information content (AvgIpc) is 3.15. The summed E-state index contributed by atoms with van der Waals surface area (Å²) in [5, 5.41) is 85.7. The van der Waals surface area contributed by atoms with E-state index in [1.165, 1.54) is 32.1 Å². The first-order chi connectivity index (χ1) is 25.6. The number of amides is 1. The third kappa shape index (κ3) is 17.3. The van der Waals surface area contributed by atoms with Crippen LogP contribution >= 0.6 is 0 Å². The van der Waals surface area contributed by atoms with E-state index in [1.807, 2.05) is 6.08 Å². The average molecular weight is 760 g/mol. The van der Waals surface area contributed by atoms with Gasteiger partial charge in [0.2, 0.25) is 5.91 Å². The van der Waals surface area contributed by atoms with Gasteiger partial charge in [0, 0.05) is 6.42 Å². The minimum absolute atomic E-state index is 0.261. The molecular formula is C39H69NO13. The highest BCUT2D eigenvalue weighted by molar-refractivity contribution is 5.76. The van der Waals surface area contributed by atoms with Crippen LogP contribution in [0.5, 0.6) is 0 Å². The number of unbranched alkanes of at least 4 members (excludes halogenated alkanes) is 10. The molecule has 14 nitrogen and oxygen atoms in total. The highest BCUT2D eigenvalue weighted by Gasteiger charge is 2.50. The number of ether oxygens (including phenoxy) is 4. The number of allylic oxidation sites excluding steroid dienone is 5. The summed E-state index contributed by atoms with van der Waals surface area (Å²) >= 11 is 0. The van der Waals surface area contributed by atoms with Gasteiger partial charge in [-0.05, 0) is 44.9 Å². The van der Waals surface area contributed by atoms with E-state index in [2.05, 4.69) is 43.5 Å². The lowest BCUT2D eigenvalue weighted by atomic mass is 9.97. The number of nitrogens with one attached hydrogen (secondary N) is 1. The van der Waals surface area contributed by atoms with E-state index < -0.39 is 86.8 Å². The van der Waals surface area contributed by atoms with Crippen molar-refractivity contribution in [1.29, 1.82) is 0 Å². The maximum absolute atomic E-state index is 12.8. The smallest absolute Gasteiger partial charge is 0.220 e. The molecule has 308 valence electrons. The molecule has 2 aliphatic heterocycles. The van der Waals surface area contributed by atoms with Crippen molar-refractivity contribution in [2.75, 3.05) is 19.8 Å². The van der Waals surface area contributed by atoms with E-state index in [0.717, 1.165) is 44.9 Å². The fraction of sp³-hybridized carbons (Fsp3) is 0.821. The van der Waals surface area contributed by atoms with Gasteiger partial charge >= 0.3 is 0 Å². The molecule has 1 amide bonds. The maximum Gasteiger partial charge on any atom is 0.220 e. The summed E-state index contributed by atoms with van der Waals surface area (Å²) in [4.78, 5) is 12.8. The largest absolute Gasteiger partial charge is 0.394 e. The van der Waals surface area contributed by atoms with E-state index in [9.17, 15) is 45.6 Å². The third-order valence-electron chi connectivity index (χ3n) is 9.56. The minimum atomic E-state index is -1.79. The Kier molecular flexibility index (Phi) is 24.8. The maximum atomic E-state index is 12.8. The molecule has 0 radical (unpaired) electrons. The number of aliphatic hydroxyl groups is 8. The van der Waals surface area contributed by atoms with Gasteiger partial charge in [0.15, 0.2) is 12.6 Å². The zero-order chi connectivity index (χ0) is 39.0. The van der Waals surface area contributed by atoms with Crippen molar-refractivity contribution in [2.24, 2.45) is 0 Å². The van der Waals surface area contributed by atoms with E-state index >= 15 is 0 Å². The second kappa shape index (κ2) is 27.7. The van der Waals surface area contributed by atoms with Gasteiger partial charge in [0.05, 0.1) is 32.0 Å². The van der Waals surface area contributed by atoms with Crippen LogP contribution in [0, 0.1) is 0 Å². The highest BCUT2D eigenvalue weighted by atomic mass is 16.7. The zero-order valence-electron chi connectivity index (χ0n) is 31.7. The Hall–Kier alpha value is -1.79. The fourth-order valence-electron chi connectivity index (χ4n) is 6.20. The summed E-state index contributed by atoms with van der Waals surface area (Å²) in [6.07, 6.45) is 9.94. The van der Waals surface area contributed by atoms with Crippen LogP contribution in [-0.4, -0.2) is 140 Å².